The fraction of sp³-hybridized carbons (Fsp3) is 0.429. The average Bonchev–Trinajstić information content (AvgIpc) is 3.04. The molecular formula is C14H16N4O2S2. The van der Waals surface area contributed by atoms with Gasteiger partial charge in [-0.2, -0.15) is 0 Å². The third-order valence-electron chi connectivity index (χ3n) is 4.21. The predicted octanol–water partition coefficient (Wildman–Crippen LogP) is 1.94. The van der Waals surface area contributed by atoms with Crippen LogP contribution in [0.25, 0.3) is 0 Å². The third kappa shape index (κ3) is 1.87. The molecule has 0 radical (unpaired) electrons. The van der Waals surface area contributed by atoms with Gasteiger partial charge in [0.05, 0.1) is 34.3 Å². The molecule has 1 fully saturated rings. The highest BCUT2D eigenvalue weighted by Gasteiger charge is 2.43. The van der Waals surface area contributed by atoms with Gasteiger partial charge in [-0.3, -0.25) is 9.29 Å². The topological polar surface area (TPSA) is 66.4 Å². The molecule has 4 heterocycles. The van der Waals surface area contributed by atoms with E-state index in [0.717, 1.165) is 35.9 Å². The van der Waals surface area contributed by atoms with Gasteiger partial charge in [-0.1, -0.05) is 0 Å². The van der Waals surface area contributed by atoms with Gasteiger partial charge in [0.25, 0.3) is 10.0 Å². The quantitative estimate of drug-likeness (QED) is 0.838. The van der Waals surface area contributed by atoms with Gasteiger partial charge in [0.15, 0.2) is 4.21 Å². The fourth-order valence-electron chi connectivity index (χ4n) is 3.32. The molecule has 2 aliphatic rings. The Hall–Kier alpha value is -1.67. The largest absolute Gasteiger partial charge is 0.366 e. The van der Waals surface area contributed by atoms with E-state index in [9.17, 15) is 8.42 Å². The maximum atomic E-state index is 13.2. The van der Waals surface area contributed by atoms with Gasteiger partial charge in [-0.15, -0.1) is 11.3 Å². The Morgan fingerprint density at radius 1 is 1.32 bits per heavy atom. The molecule has 4 rings (SSSR count). The van der Waals surface area contributed by atoms with Crippen LogP contribution >= 0.6 is 11.3 Å². The molecule has 0 aliphatic carbocycles. The molecule has 1 atom stereocenters. The first kappa shape index (κ1) is 14.0. The number of hydrogen-bond donors (Lipinski definition) is 0. The summed E-state index contributed by atoms with van der Waals surface area (Å²) in [6.07, 6.45) is 4.24. The van der Waals surface area contributed by atoms with Gasteiger partial charge < -0.3 is 4.90 Å². The second-order valence-corrected chi connectivity index (χ2v) is 8.87. The fourth-order valence-corrected chi connectivity index (χ4v) is 6.57. The highest BCUT2D eigenvalue weighted by Crippen LogP contribution is 2.43. The SMILES string of the molecule is Cc1nc(C)c(S(=O)(=O)N2c3ccncc3N3CCC2C3)s1. The van der Waals surface area contributed by atoms with Crippen molar-refractivity contribution in [1.82, 2.24) is 9.97 Å². The standard InChI is InChI=1S/C14H16N4O2S2/c1-9-14(21-10(2)16-9)22(19,20)18-11-4-6-17(8-11)13-7-15-5-3-12(13)18/h3,5,7,11H,4,6,8H2,1-2H3. The Bertz CT molecular complexity index is 846. The number of anilines is 2. The first-order valence-electron chi connectivity index (χ1n) is 7.16. The third-order valence-corrected chi connectivity index (χ3v) is 7.73. The summed E-state index contributed by atoms with van der Waals surface area (Å²) < 4.78 is 28.4. The molecule has 2 aliphatic heterocycles. The molecule has 0 aromatic carbocycles. The van der Waals surface area contributed by atoms with E-state index in [4.69, 9.17) is 0 Å². The van der Waals surface area contributed by atoms with Crippen LogP contribution in [0.3, 0.4) is 0 Å². The van der Waals surface area contributed by atoms with E-state index in [1.807, 2.05) is 6.92 Å². The number of fused-ring (bicyclic) bond motifs is 4. The van der Waals surface area contributed by atoms with Crippen molar-refractivity contribution in [3.8, 4) is 0 Å². The van der Waals surface area contributed by atoms with Crippen molar-refractivity contribution in [2.75, 3.05) is 22.3 Å². The number of aryl methyl sites for hydroxylation is 2. The van der Waals surface area contributed by atoms with E-state index in [2.05, 4.69) is 14.9 Å². The summed E-state index contributed by atoms with van der Waals surface area (Å²) in [4.78, 5) is 10.6. The van der Waals surface area contributed by atoms with Crippen molar-refractivity contribution >= 4 is 32.7 Å². The number of hydrogen-bond acceptors (Lipinski definition) is 6. The Kier molecular flexibility index (Phi) is 2.96. The zero-order valence-corrected chi connectivity index (χ0v) is 14.0. The summed E-state index contributed by atoms with van der Waals surface area (Å²) in [5.74, 6) is 0. The summed E-state index contributed by atoms with van der Waals surface area (Å²) in [5, 5.41) is 0.774. The first-order valence-corrected chi connectivity index (χ1v) is 9.41. The van der Waals surface area contributed by atoms with E-state index >= 15 is 0 Å². The minimum absolute atomic E-state index is 0.0123. The second kappa shape index (κ2) is 4.66. The van der Waals surface area contributed by atoms with Gasteiger partial charge >= 0.3 is 0 Å². The highest BCUT2D eigenvalue weighted by atomic mass is 32.2. The smallest absolute Gasteiger partial charge is 0.276 e. The summed E-state index contributed by atoms with van der Waals surface area (Å²) in [6.45, 7) is 5.20. The molecule has 0 saturated carbocycles. The van der Waals surface area contributed by atoms with Crippen LogP contribution in [0.2, 0.25) is 0 Å². The molecule has 2 aromatic heterocycles. The lowest BCUT2D eigenvalue weighted by molar-refractivity contribution is 0.579. The van der Waals surface area contributed by atoms with E-state index < -0.39 is 10.0 Å². The molecule has 0 N–H and O–H groups in total. The highest BCUT2D eigenvalue weighted by molar-refractivity contribution is 7.94. The van der Waals surface area contributed by atoms with E-state index in [0.29, 0.717) is 9.90 Å². The average molecular weight is 336 g/mol. The maximum absolute atomic E-state index is 13.2. The summed E-state index contributed by atoms with van der Waals surface area (Å²) >= 11 is 1.25. The number of aromatic nitrogens is 2. The lowest BCUT2D eigenvalue weighted by Crippen LogP contribution is -2.45. The predicted molar refractivity (Wildman–Crippen MR) is 86.1 cm³/mol. The Labute approximate surface area is 133 Å². The monoisotopic (exact) mass is 336 g/mol. The molecular weight excluding hydrogens is 320 g/mol. The van der Waals surface area contributed by atoms with Gasteiger partial charge in [0, 0.05) is 19.3 Å². The maximum Gasteiger partial charge on any atom is 0.276 e. The van der Waals surface area contributed by atoms with Crippen molar-refractivity contribution in [3.63, 3.8) is 0 Å². The molecule has 22 heavy (non-hydrogen) atoms. The van der Waals surface area contributed by atoms with Crippen LogP contribution in [0, 0.1) is 13.8 Å². The van der Waals surface area contributed by atoms with Crippen molar-refractivity contribution < 1.29 is 8.42 Å². The zero-order chi connectivity index (χ0) is 15.5. The van der Waals surface area contributed by atoms with Crippen molar-refractivity contribution in [3.05, 3.63) is 29.2 Å². The van der Waals surface area contributed by atoms with Crippen LogP contribution in [0.4, 0.5) is 11.4 Å². The van der Waals surface area contributed by atoms with Gasteiger partial charge in [-0.25, -0.2) is 13.4 Å². The van der Waals surface area contributed by atoms with Crippen LogP contribution in [-0.4, -0.2) is 37.5 Å². The molecule has 0 amide bonds. The van der Waals surface area contributed by atoms with Crippen LogP contribution < -0.4 is 9.21 Å². The lowest BCUT2D eigenvalue weighted by Gasteiger charge is -2.36. The molecule has 8 heteroatoms. The normalized spacial score (nSPS) is 20.4. The molecule has 6 nitrogen and oxygen atoms in total. The molecule has 116 valence electrons. The van der Waals surface area contributed by atoms with Crippen LogP contribution in [0.15, 0.2) is 22.7 Å². The Morgan fingerprint density at radius 3 is 2.86 bits per heavy atom. The lowest BCUT2D eigenvalue weighted by atomic mass is 10.2. The minimum Gasteiger partial charge on any atom is -0.366 e. The zero-order valence-electron chi connectivity index (χ0n) is 12.4. The van der Waals surface area contributed by atoms with Crippen LogP contribution in [0.5, 0.6) is 0 Å². The molecule has 1 saturated heterocycles. The summed E-state index contributed by atoms with van der Waals surface area (Å²) in [6, 6.07) is 1.78. The Balaban J connectivity index is 1.91. The number of sulfonamides is 1. The number of pyridine rings is 1. The molecule has 0 spiro atoms. The molecule has 1 unspecified atom stereocenters. The number of rotatable bonds is 2. The van der Waals surface area contributed by atoms with Gasteiger partial charge in [0.1, 0.15) is 0 Å². The number of nitrogens with zero attached hydrogens (tertiary/aromatic N) is 4. The molecule has 2 bridgehead atoms. The first-order chi connectivity index (χ1) is 10.5. The molecule has 2 aromatic rings. The van der Waals surface area contributed by atoms with Crippen LogP contribution in [-0.2, 0) is 10.0 Å². The minimum atomic E-state index is -3.58. The van der Waals surface area contributed by atoms with Gasteiger partial charge in [-0.05, 0) is 26.3 Å². The van der Waals surface area contributed by atoms with Crippen molar-refractivity contribution in [2.45, 2.75) is 30.5 Å². The summed E-state index contributed by atoms with van der Waals surface area (Å²) in [7, 11) is -3.58. The van der Waals surface area contributed by atoms with E-state index in [1.165, 1.54) is 11.3 Å². The van der Waals surface area contributed by atoms with E-state index in [1.54, 1.807) is 29.7 Å². The number of thiazole rings is 1. The van der Waals surface area contributed by atoms with E-state index in [-0.39, 0.29) is 6.04 Å². The second-order valence-electron chi connectivity index (χ2n) is 5.66. The Morgan fingerprint density at radius 2 is 2.14 bits per heavy atom. The summed E-state index contributed by atoms with van der Waals surface area (Å²) in [5.41, 5.74) is 2.21. The van der Waals surface area contributed by atoms with Gasteiger partial charge in [0.2, 0.25) is 0 Å². The van der Waals surface area contributed by atoms with Crippen LogP contribution in [0.1, 0.15) is 17.1 Å². The van der Waals surface area contributed by atoms with Crippen molar-refractivity contribution in [1.29, 1.82) is 0 Å². The van der Waals surface area contributed by atoms with Crippen molar-refractivity contribution in [2.24, 2.45) is 0 Å².